The Labute approximate surface area is 99.9 Å². The number of benzene rings is 1. The van der Waals surface area contributed by atoms with Gasteiger partial charge in [0, 0.05) is 12.3 Å². The molecule has 1 unspecified atom stereocenters. The predicted molar refractivity (Wildman–Crippen MR) is 62.2 cm³/mol. The molecule has 0 bridgehead atoms. The smallest absolute Gasteiger partial charge is 0.203 e. The molecule has 5 heteroatoms. The molecule has 0 amide bonds. The van der Waals surface area contributed by atoms with Crippen LogP contribution in [0.3, 0.4) is 0 Å². The Morgan fingerprint density at radius 1 is 1.24 bits per heavy atom. The van der Waals surface area contributed by atoms with Crippen molar-refractivity contribution in [2.24, 2.45) is 0 Å². The maximum Gasteiger partial charge on any atom is 0.203 e. The molecule has 0 radical (unpaired) electrons. The zero-order valence-corrected chi connectivity index (χ0v) is 9.80. The number of hydrogen-bond donors (Lipinski definition) is 1. The van der Waals surface area contributed by atoms with Crippen molar-refractivity contribution in [2.45, 2.75) is 6.23 Å². The predicted octanol–water partition coefficient (Wildman–Crippen LogP) is 1.50. The van der Waals surface area contributed by atoms with Crippen molar-refractivity contribution in [1.82, 2.24) is 5.32 Å². The lowest BCUT2D eigenvalue weighted by Crippen LogP contribution is -2.28. The summed E-state index contributed by atoms with van der Waals surface area (Å²) >= 11 is 0. The normalized spacial score (nSPS) is 17.2. The molecule has 1 aromatic carbocycles. The van der Waals surface area contributed by atoms with Gasteiger partial charge in [0.05, 0.1) is 14.2 Å². The third-order valence-corrected chi connectivity index (χ3v) is 2.35. The first-order chi connectivity index (χ1) is 8.33. The van der Waals surface area contributed by atoms with Crippen molar-refractivity contribution in [3.8, 4) is 17.2 Å². The van der Waals surface area contributed by atoms with Gasteiger partial charge in [-0.25, -0.2) is 0 Å². The average molecular weight is 237 g/mol. The Morgan fingerprint density at radius 2 is 2.06 bits per heavy atom. The molecule has 2 rings (SSSR count). The summed E-state index contributed by atoms with van der Waals surface area (Å²) < 4.78 is 21.1. The Hall–Kier alpha value is -2.04. The molecule has 1 aromatic rings. The van der Waals surface area contributed by atoms with E-state index in [1.807, 2.05) is 6.07 Å². The van der Waals surface area contributed by atoms with Crippen LogP contribution in [0.4, 0.5) is 0 Å². The molecule has 0 aromatic heterocycles. The fourth-order valence-corrected chi connectivity index (χ4v) is 1.49. The fourth-order valence-electron chi connectivity index (χ4n) is 1.49. The zero-order chi connectivity index (χ0) is 12.1. The third kappa shape index (κ3) is 2.75. The van der Waals surface area contributed by atoms with E-state index in [4.69, 9.17) is 18.9 Å². The Morgan fingerprint density at radius 3 is 2.71 bits per heavy atom. The van der Waals surface area contributed by atoms with Gasteiger partial charge >= 0.3 is 0 Å². The van der Waals surface area contributed by atoms with E-state index < -0.39 is 0 Å². The molecule has 1 N–H and O–H groups in total. The standard InChI is InChI=1S/C12H15NO4/c1-14-10-4-3-9(7-11(10)15-2)17-8-12-13-5-6-16-12/h3-7,12-13H,8H2,1-2H3. The second kappa shape index (κ2) is 5.34. The van der Waals surface area contributed by atoms with Crippen LogP contribution in [-0.2, 0) is 4.74 Å². The number of rotatable bonds is 5. The molecule has 0 fully saturated rings. The summed E-state index contributed by atoms with van der Waals surface area (Å²) in [6, 6.07) is 5.40. The van der Waals surface area contributed by atoms with Crippen molar-refractivity contribution in [3.63, 3.8) is 0 Å². The lowest BCUT2D eigenvalue weighted by atomic mass is 10.3. The molecule has 92 valence electrons. The third-order valence-electron chi connectivity index (χ3n) is 2.35. The van der Waals surface area contributed by atoms with Crippen LogP contribution < -0.4 is 19.5 Å². The molecule has 1 aliphatic heterocycles. The second-order valence-electron chi connectivity index (χ2n) is 3.42. The topological polar surface area (TPSA) is 49.0 Å². The Kier molecular flexibility index (Phi) is 3.59. The number of nitrogens with one attached hydrogen (secondary N) is 1. The second-order valence-corrected chi connectivity index (χ2v) is 3.42. The van der Waals surface area contributed by atoms with Crippen LogP contribution in [0.25, 0.3) is 0 Å². The van der Waals surface area contributed by atoms with Gasteiger partial charge in [0.15, 0.2) is 11.5 Å². The van der Waals surface area contributed by atoms with Crippen LogP contribution in [0, 0.1) is 0 Å². The quantitative estimate of drug-likeness (QED) is 0.841. The van der Waals surface area contributed by atoms with Gasteiger partial charge in [-0.15, -0.1) is 0 Å². The summed E-state index contributed by atoms with van der Waals surface area (Å²) in [5, 5.41) is 2.99. The fraction of sp³-hybridized carbons (Fsp3) is 0.333. The van der Waals surface area contributed by atoms with Crippen LogP contribution in [0.2, 0.25) is 0 Å². The molecule has 0 aliphatic carbocycles. The van der Waals surface area contributed by atoms with E-state index in [2.05, 4.69) is 5.32 Å². The molecule has 1 atom stereocenters. The van der Waals surface area contributed by atoms with Crippen LogP contribution in [0.1, 0.15) is 0 Å². The highest BCUT2D eigenvalue weighted by atomic mass is 16.5. The molecular formula is C12H15NO4. The van der Waals surface area contributed by atoms with E-state index in [-0.39, 0.29) is 6.23 Å². The number of ether oxygens (including phenoxy) is 4. The first-order valence-corrected chi connectivity index (χ1v) is 5.25. The van der Waals surface area contributed by atoms with E-state index in [1.165, 1.54) is 0 Å². The minimum absolute atomic E-state index is 0.136. The highest BCUT2D eigenvalue weighted by molar-refractivity contribution is 5.45. The molecule has 17 heavy (non-hydrogen) atoms. The summed E-state index contributed by atoms with van der Waals surface area (Å²) in [5.41, 5.74) is 0. The average Bonchev–Trinajstić information content (AvgIpc) is 2.89. The summed E-state index contributed by atoms with van der Waals surface area (Å²) in [7, 11) is 3.19. The van der Waals surface area contributed by atoms with E-state index in [0.717, 1.165) is 0 Å². The highest BCUT2D eigenvalue weighted by Gasteiger charge is 2.11. The first kappa shape index (κ1) is 11.4. The molecule has 5 nitrogen and oxygen atoms in total. The van der Waals surface area contributed by atoms with E-state index in [1.54, 1.807) is 38.8 Å². The Bertz CT molecular complexity index is 397. The zero-order valence-electron chi connectivity index (χ0n) is 9.80. The molecule has 1 heterocycles. The van der Waals surface area contributed by atoms with Crippen LogP contribution in [0.15, 0.2) is 30.7 Å². The molecule has 1 aliphatic rings. The first-order valence-electron chi connectivity index (χ1n) is 5.25. The van der Waals surface area contributed by atoms with Gasteiger partial charge in [0.25, 0.3) is 0 Å². The van der Waals surface area contributed by atoms with Crippen molar-refractivity contribution in [2.75, 3.05) is 20.8 Å². The maximum absolute atomic E-state index is 5.57. The van der Waals surface area contributed by atoms with Crippen LogP contribution >= 0.6 is 0 Å². The molecule has 0 saturated carbocycles. The van der Waals surface area contributed by atoms with Crippen LogP contribution in [0.5, 0.6) is 17.2 Å². The molecule has 0 saturated heterocycles. The number of hydrogen-bond acceptors (Lipinski definition) is 5. The maximum atomic E-state index is 5.57. The van der Waals surface area contributed by atoms with Gasteiger partial charge in [-0.3, -0.25) is 0 Å². The molecular weight excluding hydrogens is 222 g/mol. The number of methoxy groups -OCH3 is 2. The van der Waals surface area contributed by atoms with Crippen molar-refractivity contribution in [1.29, 1.82) is 0 Å². The summed E-state index contributed by atoms with van der Waals surface area (Å²) in [5.74, 6) is 2.03. The largest absolute Gasteiger partial charge is 0.493 e. The van der Waals surface area contributed by atoms with E-state index >= 15 is 0 Å². The monoisotopic (exact) mass is 237 g/mol. The van der Waals surface area contributed by atoms with Gasteiger partial charge in [-0.1, -0.05) is 0 Å². The van der Waals surface area contributed by atoms with E-state index in [9.17, 15) is 0 Å². The highest BCUT2D eigenvalue weighted by Crippen LogP contribution is 2.30. The lowest BCUT2D eigenvalue weighted by molar-refractivity contribution is 0.0928. The van der Waals surface area contributed by atoms with Gasteiger partial charge in [-0.2, -0.15) is 0 Å². The summed E-state index contributed by atoms with van der Waals surface area (Å²) in [6.07, 6.45) is 3.20. The van der Waals surface area contributed by atoms with Gasteiger partial charge in [-0.05, 0) is 12.1 Å². The van der Waals surface area contributed by atoms with Gasteiger partial charge in [0.1, 0.15) is 18.6 Å². The SMILES string of the molecule is COc1ccc(OCC2NC=CO2)cc1OC. The van der Waals surface area contributed by atoms with Gasteiger partial charge in [0.2, 0.25) is 6.23 Å². The molecule has 0 spiro atoms. The van der Waals surface area contributed by atoms with Crippen molar-refractivity contribution < 1.29 is 18.9 Å². The minimum Gasteiger partial charge on any atom is -0.493 e. The van der Waals surface area contributed by atoms with Crippen molar-refractivity contribution >= 4 is 0 Å². The minimum atomic E-state index is -0.136. The van der Waals surface area contributed by atoms with E-state index in [0.29, 0.717) is 23.9 Å². The lowest BCUT2D eigenvalue weighted by Gasteiger charge is -2.14. The van der Waals surface area contributed by atoms with Crippen LogP contribution in [-0.4, -0.2) is 27.1 Å². The summed E-state index contributed by atoms with van der Waals surface area (Å²) in [6.45, 7) is 0.419. The summed E-state index contributed by atoms with van der Waals surface area (Å²) in [4.78, 5) is 0. The van der Waals surface area contributed by atoms with Gasteiger partial charge < -0.3 is 24.3 Å². The Balaban J connectivity index is 1.96. The van der Waals surface area contributed by atoms with Crippen molar-refractivity contribution in [3.05, 3.63) is 30.7 Å².